The van der Waals surface area contributed by atoms with Crippen LogP contribution in [-0.4, -0.2) is 22.9 Å². The molecule has 0 aliphatic carbocycles. The van der Waals surface area contributed by atoms with Gasteiger partial charge in [-0.1, -0.05) is 18.2 Å². The van der Waals surface area contributed by atoms with E-state index in [0.717, 1.165) is 6.54 Å². The quantitative estimate of drug-likeness (QED) is 0.895. The van der Waals surface area contributed by atoms with Crippen LogP contribution < -0.4 is 10.6 Å². The summed E-state index contributed by atoms with van der Waals surface area (Å²) in [6.45, 7) is 5.74. The fraction of sp³-hybridized carbons (Fsp3) is 0.400. The monoisotopic (exact) mass is 258 g/mol. The number of likely N-dealkylation sites (N-methyl/N-ethyl adjacent to an activating group) is 1. The summed E-state index contributed by atoms with van der Waals surface area (Å²) in [7, 11) is 1.96. The van der Waals surface area contributed by atoms with E-state index in [1.54, 1.807) is 0 Å². The van der Waals surface area contributed by atoms with Crippen molar-refractivity contribution in [2.45, 2.75) is 19.9 Å². The topological polar surface area (TPSA) is 47.1 Å². The summed E-state index contributed by atoms with van der Waals surface area (Å²) in [5.74, 6) is 0. The van der Waals surface area contributed by atoms with E-state index in [1.165, 1.54) is 16.9 Å². The fourth-order valence-electron chi connectivity index (χ4n) is 2.47. The molecule has 4 nitrogen and oxygen atoms in total. The van der Waals surface area contributed by atoms with Crippen LogP contribution >= 0.6 is 0 Å². The molecule has 1 aromatic carbocycles. The Balaban J connectivity index is 2.37. The standard InChI is InChI=1S/C15H22N4/c1-4-19(13-8-6-5-7-9-13)15(10-16)14-11-17-18(3)12(14)2/h5-9,11,15H,4,10,16H2,1-3H3. The molecule has 0 bridgehead atoms. The molecule has 0 amide bonds. The Hall–Kier alpha value is -1.81. The summed E-state index contributed by atoms with van der Waals surface area (Å²) in [5.41, 5.74) is 9.59. The highest BCUT2D eigenvalue weighted by atomic mass is 15.3. The second-order valence-corrected chi connectivity index (χ2v) is 4.68. The number of aryl methyl sites for hydroxylation is 1. The molecular formula is C15H22N4. The SMILES string of the molecule is CCN(c1ccccc1)C(CN)c1cnn(C)c1C. The number of hydrogen-bond acceptors (Lipinski definition) is 3. The highest BCUT2D eigenvalue weighted by Crippen LogP contribution is 2.27. The van der Waals surface area contributed by atoms with Gasteiger partial charge in [-0.25, -0.2) is 0 Å². The van der Waals surface area contributed by atoms with Gasteiger partial charge in [-0.15, -0.1) is 0 Å². The van der Waals surface area contributed by atoms with Crippen LogP contribution in [0.25, 0.3) is 0 Å². The second-order valence-electron chi connectivity index (χ2n) is 4.68. The van der Waals surface area contributed by atoms with E-state index in [0.29, 0.717) is 6.54 Å². The molecule has 2 rings (SSSR count). The van der Waals surface area contributed by atoms with Crippen molar-refractivity contribution in [1.82, 2.24) is 9.78 Å². The normalized spacial score (nSPS) is 12.4. The van der Waals surface area contributed by atoms with Crippen molar-refractivity contribution in [3.8, 4) is 0 Å². The van der Waals surface area contributed by atoms with Gasteiger partial charge in [0.05, 0.1) is 12.2 Å². The van der Waals surface area contributed by atoms with Gasteiger partial charge in [0, 0.05) is 37.1 Å². The molecule has 0 saturated carbocycles. The zero-order valence-electron chi connectivity index (χ0n) is 11.9. The lowest BCUT2D eigenvalue weighted by Crippen LogP contribution is -2.34. The third-order valence-electron chi connectivity index (χ3n) is 3.66. The van der Waals surface area contributed by atoms with Gasteiger partial charge in [-0.3, -0.25) is 4.68 Å². The van der Waals surface area contributed by atoms with Crippen LogP contribution in [0.1, 0.15) is 24.2 Å². The van der Waals surface area contributed by atoms with E-state index in [1.807, 2.05) is 24.0 Å². The predicted octanol–water partition coefficient (Wildman–Crippen LogP) is 2.25. The number of nitrogens with zero attached hydrogens (tertiary/aromatic N) is 3. The Morgan fingerprint density at radius 2 is 2.00 bits per heavy atom. The van der Waals surface area contributed by atoms with Crippen molar-refractivity contribution in [3.05, 3.63) is 47.8 Å². The van der Waals surface area contributed by atoms with E-state index in [2.05, 4.69) is 48.1 Å². The molecule has 2 N–H and O–H groups in total. The molecule has 1 heterocycles. The highest BCUT2D eigenvalue weighted by molar-refractivity contribution is 5.49. The van der Waals surface area contributed by atoms with Crippen molar-refractivity contribution >= 4 is 5.69 Å². The van der Waals surface area contributed by atoms with Crippen LogP contribution in [0, 0.1) is 6.92 Å². The third kappa shape index (κ3) is 2.63. The first kappa shape index (κ1) is 13.6. The minimum absolute atomic E-state index is 0.168. The largest absolute Gasteiger partial charge is 0.363 e. The first-order valence-corrected chi connectivity index (χ1v) is 6.69. The van der Waals surface area contributed by atoms with E-state index in [-0.39, 0.29) is 6.04 Å². The number of nitrogens with two attached hydrogens (primary N) is 1. The summed E-state index contributed by atoms with van der Waals surface area (Å²) < 4.78 is 1.90. The molecule has 0 spiro atoms. The third-order valence-corrected chi connectivity index (χ3v) is 3.66. The molecular weight excluding hydrogens is 236 g/mol. The van der Waals surface area contributed by atoms with Crippen molar-refractivity contribution in [1.29, 1.82) is 0 Å². The van der Waals surface area contributed by atoms with Gasteiger partial charge < -0.3 is 10.6 Å². The van der Waals surface area contributed by atoms with Gasteiger partial charge in [-0.05, 0) is 26.0 Å². The summed E-state index contributed by atoms with van der Waals surface area (Å²) >= 11 is 0. The molecule has 0 aliphatic heterocycles. The lowest BCUT2D eigenvalue weighted by atomic mass is 10.1. The van der Waals surface area contributed by atoms with Crippen LogP contribution in [-0.2, 0) is 7.05 Å². The Morgan fingerprint density at radius 1 is 1.32 bits per heavy atom. The molecule has 4 heteroatoms. The van der Waals surface area contributed by atoms with Crippen LogP contribution in [0.2, 0.25) is 0 Å². The first-order valence-electron chi connectivity index (χ1n) is 6.69. The zero-order valence-corrected chi connectivity index (χ0v) is 11.9. The molecule has 0 aliphatic rings. The maximum Gasteiger partial charge on any atom is 0.0698 e. The van der Waals surface area contributed by atoms with Gasteiger partial charge in [0.15, 0.2) is 0 Å². The van der Waals surface area contributed by atoms with E-state index >= 15 is 0 Å². The summed E-state index contributed by atoms with van der Waals surface area (Å²) in [4.78, 5) is 2.32. The Bertz CT molecular complexity index is 518. The van der Waals surface area contributed by atoms with Crippen molar-refractivity contribution < 1.29 is 0 Å². The number of hydrogen-bond donors (Lipinski definition) is 1. The highest BCUT2D eigenvalue weighted by Gasteiger charge is 2.21. The van der Waals surface area contributed by atoms with Crippen molar-refractivity contribution in [2.24, 2.45) is 12.8 Å². The predicted molar refractivity (Wildman–Crippen MR) is 79.2 cm³/mol. The lowest BCUT2D eigenvalue weighted by molar-refractivity contribution is 0.636. The maximum atomic E-state index is 6.02. The zero-order chi connectivity index (χ0) is 13.8. The van der Waals surface area contributed by atoms with Gasteiger partial charge in [0.25, 0.3) is 0 Å². The number of anilines is 1. The summed E-state index contributed by atoms with van der Waals surface area (Å²) in [6.07, 6.45) is 1.93. The average molecular weight is 258 g/mol. The van der Waals surface area contributed by atoms with E-state index in [9.17, 15) is 0 Å². The van der Waals surface area contributed by atoms with E-state index in [4.69, 9.17) is 5.73 Å². The fourth-order valence-corrected chi connectivity index (χ4v) is 2.47. The second kappa shape index (κ2) is 5.89. The Morgan fingerprint density at radius 3 is 2.47 bits per heavy atom. The van der Waals surface area contributed by atoms with Crippen molar-refractivity contribution in [2.75, 3.05) is 18.0 Å². The van der Waals surface area contributed by atoms with Gasteiger partial charge in [0.2, 0.25) is 0 Å². The summed E-state index contributed by atoms with van der Waals surface area (Å²) in [5, 5.41) is 4.33. The Kier molecular flexibility index (Phi) is 4.22. The number of para-hydroxylation sites is 1. The molecule has 0 radical (unpaired) electrons. The number of benzene rings is 1. The average Bonchev–Trinajstić information content (AvgIpc) is 2.77. The van der Waals surface area contributed by atoms with Crippen LogP contribution in [0.4, 0.5) is 5.69 Å². The molecule has 19 heavy (non-hydrogen) atoms. The van der Waals surface area contributed by atoms with Crippen molar-refractivity contribution in [3.63, 3.8) is 0 Å². The van der Waals surface area contributed by atoms with Crippen LogP contribution in [0.3, 0.4) is 0 Å². The van der Waals surface area contributed by atoms with Gasteiger partial charge in [0.1, 0.15) is 0 Å². The molecule has 2 aromatic rings. The molecule has 1 atom stereocenters. The van der Waals surface area contributed by atoms with E-state index < -0.39 is 0 Å². The number of rotatable bonds is 5. The minimum atomic E-state index is 0.168. The molecule has 1 aromatic heterocycles. The van der Waals surface area contributed by atoms with Crippen LogP contribution in [0.5, 0.6) is 0 Å². The lowest BCUT2D eigenvalue weighted by Gasteiger charge is -2.32. The molecule has 0 fully saturated rings. The Labute approximate surface area is 114 Å². The smallest absolute Gasteiger partial charge is 0.0698 e. The van der Waals surface area contributed by atoms with Gasteiger partial charge in [-0.2, -0.15) is 5.10 Å². The van der Waals surface area contributed by atoms with Crippen LogP contribution in [0.15, 0.2) is 36.5 Å². The minimum Gasteiger partial charge on any atom is -0.363 e. The number of aromatic nitrogens is 2. The molecule has 0 saturated heterocycles. The summed E-state index contributed by atoms with van der Waals surface area (Å²) in [6, 6.07) is 10.6. The first-order chi connectivity index (χ1) is 9.19. The maximum absolute atomic E-state index is 6.02. The van der Waals surface area contributed by atoms with Gasteiger partial charge >= 0.3 is 0 Å². The molecule has 1 unspecified atom stereocenters. The molecule has 102 valence electrons.